The third-order valence-electron chi connectivity index (χ3n) is 3.47. The summed E-state index contributed by atoms with van der Waals surface area (Å²) in [6.45, 7) is 0. The molecule has 1 aromatic carbocycles. The van der Waals surface area contributed by atoms with Gasteiger partial charge in [-0.1, -0.05) is 18.2 Å². The molecule has 1 N–H and O–H groups in total. The van der Waals surface area contributed by atoms with Gasteiger partial charge in [-0.2, -0.15) is 0 Å². The molecule has 0 atom stereocenters. The van der Waals surface area contributed by atoms with E-state index in [-0.39, 0.29) is 5.95 Å². The molecule has 4 aromatic rings. The predicted octanol–water partition coefficient (Wildman–Crippen LogP) is 2.67. The Kier molecular flexibility index (Phi) is 2.97. The summed E-state index contributed by atoms with van der Waals surface area (Å²) in [7, 11) is 0. The maximum absolute atomic E-state index is 12.8. The number of fused-ring (bicyclic) bond motifs is 3. The van der Waals surface area contributed by atoms with Gasteiger partial charge in [0.05, 0.1) is 23.5 Å². The highest BCUT2D eigenvalue weighted by Gasteiger charge is 2.15. The largest absolute Gasteiger partial charge is 0.299 e. The van der Waals surface area contributed by atoms with Crippen LogP contribution in [0.15, 0.2) is 55.1 Å². The number of rotatable bonds is 2. The Hall–Kier alpha value is -3.35. The molecule has 3 heterocycles. The fourth-order valence-electron chi connectivity index (χ4n) is 2.46. The van der Waals surface area contributed by atoms with Gasteiger partial charge in [-0.25, -0.2) is 19.3 Å². The van der Waals surface area contributed by atoms with Crippen molar-refractivity contribution in [3.8, 4) is 0 Å². The van der Waals surface area contributed by atoms with Crippen LogP contribution in [0.3, 0.4) is 0 Å². The van der Waals surface area contributed by atoms with E-state index >= 15 is 0 Å². The van der Waals surface area contributed by atoms with Crippen molar-refractivity contribution in [1.29, 1.82) is 0 Å². The topological polar surface area (TPSA) is 72.2 Å². The Morgan fingerprint density at radius 2 is 1.91 bits per heavy atom. The monoisotopic (exact) mass is 307 g/mol. The number of imidazole rings is 1. The van der Waals surface area contributed by atoms with Crippen LogP contribution in [0.25, 0.3) is 16.6 Å². The molecule has 112 valence electrons. The molecule has 3 aromatic heterocycles. The summed E-state index contributed by atoms with van der Waals surface area (Å²) < 4.78 is 14.7. The molecule has 23 heavy (non-hydrogen) atoms. The quantitative estimate of drug-likeness (QED) is 0.618. The molecular formula is C16H10FN5O. The molecule has 4 rings (SSSR count). The van der Waals surface area contributed by atoms with Crippen molar-refractivity contribution in [2.45, 2.75) is 0 Å². The molecule has 0 radical (unpaired) electrons. The summed E-state index contributed by atoms with van der Waals surface area (Å²) in [6.07, 6.45) is 5.41. The SMILES string of the molecule is O=C(Nc1ncc(F)cn1)c1cc2ccccc2n2ccnc12. The predicted molar refractivity (Wildman–Crippen MR) is 82.6 cm³/mol. The normalized spacial score (nSPS) is 11.0. The highest BCUT2D eigenvalue weighted by molar-refractivity contribution is 6.09. The Bertz CT molecular complexity index is 1030. The molecule has 0 unspecified atom stereocenters. The van der Waals surface area contributed by atoms with Gasteiger partial charge in [-0.05, 0) is 17.5 Å². The Balaban J connectivity index is 1.81. The highest BCUT2D eigenvalue weighted by Crippen LogP contribution is 2.21. The fraction of sp³-hybridized carbons (Fsp3) is 0. The Morgan fingerprint density at radius 3 is 2.74 bits per heavy atom. The standard InChI is InChI=1S/C16H10FN5O/c17-11-8-19-16(20-9-11)21-15(23)12-7-10-3-1-2-4-13(10)22-6-5-18-14(12)22/h1-9H,(H,19,20,21,23). The van der Waals surface area contributed by atoms with E-state index in [0.29, 0.717) is 11.2 Å². The van der Waals surface area contributed by atoms with Crippen LogP contribution in [-0.2, 0) is 0 Å². The average molecular weight is 307 g/mol. The summed E-state index contributed by atoms with van der Waals surface area (Å²) in [5, 5.41) is 3.46. The van der Waals surface area contributed by atoms with E-state index in [1.165, 1.54) is 0 Å². The first kappa shape index (κ1) is 13.3. The smallest absolute Gasteiger partial charge is 0.261 e. The van der Waals surface area contributed by atoms with E-state index in [1.54, 1.807) is 18.5 Å². The van der Waals surface area contributed by atoms with Crippen molar-refractivity contribution < 1.29 is 9.18 Å². The molecular weight excluding hydrogens is 297 g/mol. The van der Waals surface area contributed by atoms with Gasteiger partial charge >= 0.3 is 0 Å². The number of hydrogen-bond donors (Lipinski definition) is 1. The highest BCUT2D eigenvalue weighted by atomic mass is 19.1. The number of para-hydroxylation sites is 1. The van der Waals surface area contributed by atoms with Crippen LogP contribution < -0.4 is 5.32 Å². The lowest BCUT2D eigenvalue weighted by atomic mass is 10.1. The van der Waals surface area contributed by atoms with E-state index in [0.717, 1.165) is 23.3 Å². The van der Waals surface area contributed by atoms with Gasteiger partial charge in [0.1, 0.15) is 5.65 Å². The maximum Gasteiger partial charge on any atom is 0.261 e. The van der Waals surface area contributed by atoms with Crippen molar-refractivity contribution in [2.75, 3.05) is 5.32 Å². The molecule has 0 aliphatic rings. The number of aromatic nitrogens is 4. The van der Waals surface area contributed by atoms with Gasteiger partial charge < -0.3 is 0 Å². The van der Waals surface area contributed by atoms with Crippen molar-refractivity contribution in [1.82, 2.24) is 19.4 Å². The number of nitrogens with one attached hydrogen (secondary N) is 1. The van der Waals surface area contributed by atoms with Gasteiger partial charge in [-0.15, -0.1) is 0 Å². The molecule has 0 spiro atoms. The third-order valence-corrected chi connectivity index (χ3v) is 3.47. The van der Waals surface area contributed by atoms with Crippen molar-refractivity contribution in [3.63, 3.8) is 0 Å². The number of nitrogens with zero attached hydrogens (tertiary/aromatic N) is 4. The number of carbonyl (C=O) groups excluding carboxylic acids is 1. The lowest BCUT2D eigenvalue weighted by molar-refractivity contribution is 0.102. The number of carbonyl (C=O) groups is 1. The second-order valence-corrected chi connectivity index (χ2v) is 4.92. The molecule has 0 fully saturated rings. The summed E-state index contributed by atoms with van der Waals surface area (Å²) in [5.74, 6) is -0.933. The zero-order valence-corrected chi connectivity index (χ0v) is 11.8. The summed E-state index contributed by atoms with van der Waals surface area (Å²) in [4.78, 5) is 24.2. The number of halogens is 1. The van der Waals surface area contributed by atoms with Crippen molar-refractivity contribution >= 4 is 28.4 Å². The fourth-order valence-corrected chi connectivity index (χ4v) is 2.46. The average Bonchev–Trinajstić information content (AvgIpc) is 3.06. The van der Waals surface area contributed by atoms with Crippen LogP contribution >= 0.6 is 0 Å². The summed E-state index contributed by atoms with van der Waals surface area (Å²) in [5.41, 5.74) is 1.87. The van der Waals surface area contributed by atoms with Crippen LogP contribution in [0.4, 0.5) is 10.3 Å². The van der Waals surface area contributed by atoms with Crippen molar-refractivity contribution in [3.05, 3.63) is 66.5 Å². The number of hydrogen-bond acceptors (Lipinski definition) is 4. The molecule has 0 aliphatic heterocycles. The molecule has 0 saturated heterocycles. The van der Waals surface area contributed by atoms with Gasteiger partial charge in [0.15, 0.2) is 5.82 Å². The van der Waals surface area contributed by atoms with Crippen LogP contribution in [0.5, 0.6) is 0 Å². The van der Waals surface area contributed by atoms with E-state index in [2.05, 4.69) is 20.3 Å². The van der Waals surface area contributed by atoms with Gasteiger partial charge in [0.25, 0.3) is 5.91 Å². The van der Waals surface area contributed by atoms with E-state index in [4.69, 9.17) is 0 Å². The van der Waals surface area contributed by atoms with Crippen LogP contribution in [0.1, 0.15) is 10.4 Å². The van der Waals surface area contributed by atoms with E-state index in [1.807, 2.05) is 28.7 Å². The first-order chi connectivity index (χ1) is 11.2. The minimum atomic E-state index is -0.565. The minimum absolute atomic E-state index is 0.0364. The first-order valence-electron chi connectivity index (χ1n) is 6.86. The molecule has 7 heteroatoms. The van der Waals surface area contributed by atoms with Gasteiger partial charge in [0.2, 0.25) is 5.95 Å². The first-order valence-corrected chi connectivity index (χ1v) is 6.86. The lowest BCUT2D eigenvalue weighted by Gasteiger charge is -2.08. The van der Waals surface area contributed by atoms with E-state index in [9.17, 15) is 9.18 Å². The number of amides is 1. The second kappa shape index (κ2) is 5.13. The molecule has 0 saturated carbocycles. The molecule has 6 nitrogen and oxygen atoms in total. The number of pyridine rings is 1. The molecule has 1 amide bonds. The van der Waals surface area contributed by atoms with E-state index < -0.39 is 11.7 Å². The van der Waals surface area contributed by atoms with Crippen LogP contribution in [0.2, 0.25) is 0 Å². The summed E-state index contributed by atoms with van der Waals surface area (Å²) >= 11 is 0. The minimum Gasteiger partial charge on any atom is -0.299 e. The Labute approximate surface area is 129 Å². The van der Waals surface area contributed by atoms with Gasteiger partial charge in [0, 0.05) is 12.4 Å². The zero-order chi connectivity index (χ0) is 15.8. The van der Waals surface area contributed by atoms with Crippen molar-refractivity contribution in [2.24, 2.45) is 0 Å². The second-order valence-electron chi connectivity index (χ2n) is 4.92. The van der Waals surface area contributed by atoms with Gasteiger partial charge in [-0.3, -0.25) is 14.5 Å². The summed E-state index contributed by atoms with van der Waals surface area (Å²) in [6, 6.07) is 9.45. The molecule has 0 aliphatic carbocycles. The maximum atomic E-state index is 12.8. The number of anilines is 1. The number of benzene rings is 1. The van der Waals surface area contributed by atoms with Crippen LogP contribution in [-0.4, -0.2) is 25.3 Å². The Morgan fingerprint density at radius 1 is 1.13 bits per heavy atom. The van der Waals surface area contributed by atoms with Crippen LogP contribution in [0, 0.1) is 5.82 Å². The molecule has 0 bridgehead atoms. The zero-order valence-electron chi connectivity index (χ0n) is 11.8. The lowest BCUT2D eigenvalue weighted by Crippen LogP contribution is -2.15. The third kappa shape index (κ3) is 2.28.